The Balaban J connectivity index is 1.58. The van der Waals surface area contributed by atoms with Crippen molar-refractivity contribution >= 4 is 46.2 Å². The van der Waals surface area contributed by atoms with Crippen LogP contribution in [0.3, 0.4) is 0 Å². The first-order valence-corrected chi connectivity index (χ1v) is 10.5. The zero-order chi connectivity index (χ0) is 20.1. The summed E-state index contributed by atoms with van der Waals surface area (Å²) in [5.41, 5.74) is 6.83. The van der Waals surface area contributed by atoms with Crippen molar-refractivity contribution in [2.24, 2.45) is 0 Å². The second-order valence-corrected chi connectivity index (χ2v) is 8.05. The Bertz CT molecular complexity index is 1360. The maximum Gasteiger partial charge on any atom is 0.196 e. The standard InChI is InChI=1S/C26H21BN2O/c27-18-12-10-17(11-13-18)26-29-25-22(30-26)15-14-20-23(25)19-8-4-5-9-21(19)28-24(20)16-6-2-1-3-7-16/h1-2,4-6,8-15,26,29H,3,7,27H2. The molecule has 2 aliphatic rings. The van der Waals surface area contributed by atoms with Crippen molar-refractivity contribution in [3.8, 4) is 5.75 Å². The molecule has 0 saturated carbocycles. The molecule has 3 aromatic carbocycles. The van der Waals surface area contributed by atoms with Gasteiger partial charge in [-0.15, -0.1) is 0 Å². The van der Waals surface area contributed by atoms with E-state index in [1.165, 1.54) is 21.8 Å². The van der Waals surface area contributed by atoms with Crippen LogP contribution in [0.25, 0.3) is 27.2 Å². The fraction of sp³-hybridized carbons (Fsp3) is 0.115. The number of pyridine rings is 1. The van der Waals surface area contributed by atoms with Crippen LogP contribution >= 0.6 is 0 Å². The van der Waals surface area contributed by atoms with Crippen LogP contribution in [-0.2, 0) is 0 Å². The van der Waals surface area contributed by atoms with Crippen LogP contribution in [0.15, 0.2) is 78.9 Å². The van der Waals surface area contributed by atoms with Crippen molar-refractivity contribution < 1.29 is 4.74 Å². The van der Waals surface area contributed by atoms with Crippen LogP contribution in [0, 0.1) is 0 Å². The Hall–Kier alpha value is -3.53. The molecule has 2 heterocycles. The molecular formula is C26H21BN2O. The molecule has 0 amide bonds. The maximum atomic E-state index is 6.32. The third-order valence-corrected chi connectivity index (χ3v) is 6.05. The summed E-state index contributed by atoms with van der Waals surface area (Å²) in [5, 5.41) is 7.17. The molecule has 0 fully saturated rings. The highest BCUT2D eigenvalue weighted by atomic mass is 16.5. The topological polar surface area (TPSA) is 34.2 Å². The number of allylic oxidation sites excluding steroid dienone is 4. The molecule has 6 rings (SSSR count). The highest BCUT2D eigenvalue weighted by Gasteiger charge is 2.27. The summed E-state index contributed by atoms with van der Waals surface area (Å²) >= 11 is 0. The number of hydrogen-bond donors (Lipinski definition) is 1. The molecule has 30 heavy (non-hydrogen) atoms. The largest absolute Gasteiger partial charge is 0.464 e. The van der Waals surface area contributed by atoms with E-state index in [9.17, 15) is 0 Å². The number of rotatable bonds is 2. The predicted octanol–water partition coefficient (Wildman–Crippen LogP) is 4.88. The third kappa shape index (κ3) is 2.72. The monoisotopic (exact) mass is 388 g/mol. The van der Waals surface area contributed by atoms with Gasteiger partial charge in [-0.25, -0.2) is 4.98 Å². The minimum atomic E-state index is -0.182. The number of anilines is 1. The fourth-order valence-corrected chi connectivity index (χ4v) is 4.49. The second-order valence-electron chi connectivity index (χ2n) is 8.05. The first-order valence-electron chi connectivity index (χ1n) is 10.5. The summed E-state index contributed by atoms with van der Waals surface area (Å²) in [5.74, 6) is 0.896. The Morgan fingerprint density at radius 1 is 0.967 bits per heavy atom. The van der Waals surface area contributed by atoms with Gasteiger partial charge in [0.05, 0.1) is 16.9 Å². The summed E-state index contributed by atoms with van der Waals surface area (Å²) in [7, 11) is 2.10. The van der Waals surface area contributed by atoms with Gasteiger partial charge in [0.25, 0.3) is 0 Å². The Morgan fingerprint density at radius 2 is 1.83 bits per heavy atom. The second kappa shape index (κ2) is 6.77. The van der Waals surface area contributed by atoms with Gasteiger partial charge in [0, 0.05) is 21.7 Å². The van der Waals surface area contributed by atoms with Crippen molar-refractivity contribution in [2.45, 2.75) is 19.1 Å². The van der Waals surface area contributed by atoms with Gasteiger partial charge in [-0.05, 0) is 36.6 Å². The summed E-state index contributed by atoms with van der Waals surface area (Å²) < 4.78 is 6.32. The van der Waals surface area contributed by atoms with Crippen LogP contribution in [0.4, 0.5) is 5.69 Å². The lowest BCUT2D eigenvalue weighted by atomic mass is 9.94. The van der Waals surface area contributed by atoms with Crippen molar-refractivity contribution in [1.82, 2.24) is 4.98 Å². The average molecular weight is 388 g/mol. The Kier molecular flexibility index (Phi) is 3.91. The van der Waals surface area contributed by atoms with Gasteiger partial charge in [-0.2, -0.15) is 0 Å². The minimum Gasteiger partial charge on any atom is -0.464 e. The van der Waals surface area contributed by atoms with Crippen molar-refractivity contribution in [3.05, 3.63) is 90.1 Å². The van der Waals surface area contributed by atoms with E-state index < -0.39 is 0 Å². The van der Waals surface area contributed by atoms with E-state index >= 15 is 0 Å². The normalized spacial score (nSPS) is 17.5. The highest BCUT2D eigenvalue weighted by Crippen LogP contribution is 2.46. The number of nitrogens with one attached hydrogen (secondary N) is 1. The molecule has 1 aliphatic heterocycles. The van der Waals surface area contributed by atoms with E-state index in [0.29, 0.717) is 0 Å². The number of fused-ring (bicyclic) bond motifs is 5. The van der Waals surface area contributed by atoms with Crippen molar-refractivity contribution in [3.63, 3.8) is 0 Å². The summed E-state index contributed by atoms with van der Waals surface area (Å²) in [6, 6.07) is 21.2. The molecule has 144 valence electrons. The summed E-state index contributed by atoms with van der Waals surface area (Å²) in [6.45, 7) is 0. The van der Waals surface area contributed by atoms with Gasteiger partial charge < -0.3 is 10.1 Å². The molecule has 4 heteroatoms. The third-order valence-electron chi connectivity index (χ3n) is 6.05. The molecule has 4 aromatic rings. The zero-order valence-electron chi connectivity index (χ0n) is 16.9. The first-order chi connectivity index (χ1) is 14.8. The molecule has 1 aliphatic carbocycles. The molecule has 1 aromatic heterocycles. The van der Waals surface area contributed by atoms with Crippen LogP contribution in [0.5, 0.6) is 5.75 Å². The predicted molar refractivity (Wildman–Crippen MR) is 127 cm³/mol. The van der Waals surface area contributed by atoms with E-state index in [2.05, 4.69) is 92.1 Å². The average Bonchev–Trinajstić information content (AvgIpc) is 3.24. The minimum absolute atomic E-state index is 0.182. The molecule has 0 radical (unpaired) electrons. The lowest BCUT2D eigenvalue weighted by Gasteiger charge is -2.15. The van der Waals surface area contributed by atoms with E-state index in [4.69, 9.17) is 9.72 Å². The van der Waals surface area contributed by atoms with E-state index in [1.807, 2.05) is 0 Å². The molecular weight excluding hydrogens is 367 g/mol. The van der Waals surface area contributed by atoms with Gasteiger partial charge in [0.1, 0.15) is 13.6 Å². The van der Waals surface area contributed by atoms with E-state index in [1.54, 1.807) is 0 Å². The van der Waals surface area contributed by atoms with Crippen molar-refractivity contribution in [1.29, 1.82) is 0 Å². The lowest BCUT2D eigenvalue weighted by Crippen LogP contribution is -2.12. The molecule has 0 spiro atoms. The zero-order valence-corrected chi connectivity index (χ0v) is 16.9. The fourth-order valence-electron chi connectivity index (χ4n) is 4.49. The number of benzene rings is 3. The van der Waals surface area contributed by atoms with Crippen LogP contribution in [-0.4, -0.2) is 12.8 Å². The van der Waals surface area contributed by atoms with Crippen LogP contribution in [0.1, 0.15) is 30.3 Å². The SMILES string of the molecule is Bc1ccc(C2Nc3c(ccc4c(C5=CC=CCC5)nc5ccccc5c34)O2)cc1. The van der Waals surface area contributed by atoms with Crippen LogP contribution in [0.2, 0.25) is 0 Å². The van der Waals surface area contributed by atoms with Gasteiger partial charge in [-0.3, -0.25) is 0 Å². The van der Waals surface area contributed by atoms with Gasteiger partial charge in [0.15, 0.2) is 6.23 Å². The number of para-hydroxylation sites is 1. The van der Waals surface area contributed by atoms with E-state index in [0.717, 1.165) is 46.4 Å². The van der Waals surface area contributed by atoms with E-state index in [-0.39, 0.29) is 6.23 Å². The van der Waals surface area contributed by atoms with Crippen molar-refractivity contribution in [2.75, 3.05) is 5.32 Å². The number of ether oxygens (including phenoxy) is 1. The molecule has 1 atom stereocenters. The number of aromatic nitrogens is 1. The molecule has 1 N–H and O–H groups in total. The Morgan fingerprint density at radius 3 is 2.67 bits per heavy atom. The lowest BCUT2D eigenvalue weighted by molar-refractivity contribution is 0.260. The smallest absolute Gasteiger partial charge is 0.196 e. The summed E-state index contributed by atoms with van der Waals surface area (Å²) in [4.78, 5) is 5.07. The number of nitrogens with zero attached hydrogens (tertiary/aromatic N) is 1. The van der Waals surface area contributed by atoms with Gasteiger partial charge >= 0.3 is 0 Å². The maximum absolute atomic E-state index is 6.32. The molecule has 1 unspecified atom stereocenters. The highest BCUT2D eigenvalue weighted by molar-refractivity contribution is 6.32. The van der Waals surface area contributed by atoms with Crippen LogP contribution < -0.4 is 15.5 Å². The van der Waals surface area contributed by atoms with Gasteiger partial charge in [0.2, 0.25) is 0 Å². The Labute approximate surface area is 176 Å². The summed E-state index contributed by atoms with van der Waals surface area (Å²) in [6.07, 6.45) is 8.45. The van der Waals surface area contributed by atoms with Gasteiger partial charge in [-0.1, -0.05) is 66.2 Å². The number of hydrogen-bond acceptors (Lipinski definition) is 3. The first kappa shape index (κ1) is 17.3. The molecule has 0 bridgehead atoms. The quantitative estimate of drug-likeness (QED) is 0.393. The molecule has 3 nitrogen and oxygen atoms in total. The molecule has 0 saturated heterocycles.